The molecule has 0 aliphatic heterocycles. The Morgan fingerprint density at radius 2 is 1.71 bits per heavy atom. The standard InChI is InChI=1S/C17H29N2O.BrH/c1-13-18(8)9-10-19(13)12-14(16(2,3)4)11-15(20)17(5,6)7;/h9-10,12H,11H2,1-8H3;1H/q+1;/p-1. The zero-order valence-corrected chi connectivity index (χ0v) is 16.2. The number of aromatic nitrogens is 2. The molecule has 1 heterocycles. The molecule has 0 aliphatic carbocycles. The molecule has 4 heteroatoms. The highest BCUT2D eigenvalue weighted by atomic mass is 79.9. The summed E-state index contributed by atoms with van der Waals surface area (Å²) >= 11 is 0. The molecule has 0 spiro atoms. The molecule has 21 heavy (non-hydrogen) atoms. The molecule has 0 N–H and O–H groups in total. The first-order chi connectivity index (χ1) is 8.93. The van der Waals surface area contributed by atoms with Gasteiger partial charge in [-0.3, -0.25) is 4.79 Å². The maximum atomic E-state index is 12.3. The van der Waals surface area contributed by atoms with Crippen molar-refractivity contribution in [3.05, 3.63) is 23.8 Å². The average molecular weight is 357 g/mol. The topological polar surface area (TPSA) is 25.9 Å². The van der Waals surface area contributed by atoms with E-state index in [4.69, 9.17) is 0 Å². The van der Waals surface area contributed by atoms with Crippen LogP contribution < -0.4 is 21.5 Å². The van der Waals surface area contributed by atoms with Crippen molar-refractivity contribution in [2.24, 2.45) is 17.9 Å². The second kappa shape index (κ2) is 6.91. The van der Waals surface area contributed by atoms with E-state index in [2.05, 4.69) is 43.0 Å². The van der Waals surface area contributed by atoms with Gasteiger partial charge in [0.1, 0.15) is 18.2 Å². The highest BCUT2D eigenvalue weighted by Gasteiger charge is 2.27. The van der Waals surface area contributed by atoms with Crippen molar-refractivity contribution >= 4 is 12.0 Å². The second-order valence-electron chi connectivity index (χ2n) is 7.62. The number of carbonyl (C=O) groups excluding carboxylic acids is 1. The Bertz CT molecular complexity index is 528. The third-order valence-corrected chi connectivity index (χ3v) is 3.78. The molecule has 0 aliphatic rings. The first-order valence-electron chi connectivity index (χ1n) is 7.20. The van der Waals surface area contributed by atoms with Gasteiger partial charge in [0, 0.05) is 18.8 Å². The van der Waals surface area contributed by atoms with Crippen LogP contribution in [-0.4, -0.2) is 10.4 Å². The summed E-state index contributed by atoms with van der Waals surface area (Å²) in [5, 5.41) is 0. The van der Waals surface area contributed by atoms with Gasteiger partial charge in [0.05, 0.1) is 13.2 Å². The summed E-state index contributed by atoms with van der Waals surface area (Å²) in [5.74, 6) is 1.43. The molecule has 120 valence electrons. The van der Waals surface area contributed by atoms with E-state index < -0.39 is 0 Å². The van der Waals surface area contributed by atoms with Crippen molar-refractivity contribution in [3.8, 4) is 0 Å². The number of halogens is 1. The van der Waals surface area contributed by atoms with Gasteiger partial charge in [-0.05, 0) is 11.0 Å². The Morgan fingerprint density at radius 3 is 2.05 bits per heavy atom. The molecule has 3 nitrogen and oxygen atoms in total. The molecule has 0 saturated carbocycles. The van der Waals surface area contributed by atoms with Gasteiger partial charge in [-0.2, -0.15) is 0 Å². The number of hydrogen-bond acceptors (Lipinski definition) is 1. The molecule has 1 rings (SSSR count). The third kappa shape index (κ3) is 5.42. The number of hydrogen-bond donors (Lipinski definition) is 0. The molecule has 1 aromatic heterocycles. The van der Waals surface area contributed by atoms with E-state index in [9.17, 15) is 4.79 Å². The molecule has 0 atom stereocenters. The van der Waals surface area contributed by atoms with Crippen molar-refractivity contribution in [2.45, 2.75) is 54.9 Å². The lowest BCUT2D eigenvalue weighted by atomic mass is 9.79. The fourth-order valence-electron chi connectivity index (χ4n) is 1.82. The summed E-state index contributed by atoms with van der Waals surface area (Å²) < 4.78 is 4.17. The number of carbonyl (C=O) groups is 1. The van der Waals surface area contributed by atoms with Crippen LogP contribution in [0.25, 0.3) is 6.20 Å². The molecule has 0 fully saturated rings. The van der Waals surface area contributed by atoms with E-state index in [1.165, 1.54) is 0 Å². The minimum absolute atomic E-state index is 0. The van der Waals surface area contributed by atoms with Crippen molar-refractivity contribution in [1.82, 2.24) is 4.57 Å². The van der Waals surface area contributed by atoms with Crippen LogP contribution in [0.3, 0.4) is 0 Å². The van der Waals surface area contributed by atoms with Gasteiger partial charge in [-0.15, -0.1) is 0 Å². The van der Waals surface area contributed by atoms with Gasteiger partial charge in [0.2, 0.25) is 0 Å². The maximum absolute atomic E-state index is 12.3. The summed E-state index contributed by atoms with van der Waals surface area (Å²) in [5.41, 5.74) is 0.855. The molecule has 0 amide bonds. The molecular formula is C17H29BrN2O. The Hall–Kier alpha value is -0.900. The minimum atomic E-state index is -0.291. The summed E-state index contributed by atoms with van der Waals surface area (Å²) in [6.45, 7) is 14.5. The molecule has 0 bridgehead atoms. The zero-order chi connectivity index (χ0) is 15.7. The predicted molar refractivity (Wildman–Crippen MR) is 83.2 cm³/mol. The molecule has 0 radical (unpaired) electrons. The molecule has 0 saturated heterocycles. The highest BCUT2D eigenvalue weighted by molar-refractivity contribution is 5.86. The normalized spacial score (nSPS) is 13.0. The molecule has 0 aromatic carbocycles. The van der Waals surface area contributed by atoms with Crippen LogP contribution in [0.1, 0.15) is 53.8 Å². The number of allylic oxidation sites excluding steroid dienone is 1. The molecule has 1 aromatic rings. The number of Topliss-reactive ketones (excluding diaryl/α,β-unsaturated/α-hetero) is 1. The van der Waals surface area contributed by atoms with Crippen LogP contribution >= 0.6 is 0 Å². The van der Waals surface area contributed by atoms with Crippen LogP contribution in [0, 0.1) is 17.8 Å². The summed E-state index contributed by atoms with van der Waals surface area (Å²) in [6, 6.07) is 0. The first kappa shape index (κ1) is 20.1. The lowest BCUT2D eigenvalue weighted by molar-refractivity contribution is -0.676. The Kier molecular flexibility index (Phi) is 6.61. The van der Waals surface area contributed by atoms with Crippen LogP contribution in [0.4, 0.5) is 0 Å². The molecule has 0 unspecified atom stereocenters. The van der Waals surface area contributed by atoms with Crippen molar-refractivity contribution in [2.75, 3.05) is 0 Å². The first-order valence-corrected chi connectivity index (χ1v) is 7.20. The highest BCUT2D eigenvalue weighted by Crippen LogP contribution is 2.32. The minimum Gasteiger partial charge on any atom is -1.00 e. The predicted octanol–water partition coefficient (Wildman–Crippen LogP) is 0.517. The van der Waals surface area contributed by atoms with Crippen LogP contribution in [0.2, 0.25) is 0 Å². The largest absolute Gasteiger partial charge is 1.00 e. The van der Waals surface area contributed by atoms with Crippen LogP contribution in [0.15, 0.2) is 18.0 Å². The Morgan fingerprint density at radius 1 is 1.19 bits per heavy atom. The third-order valence-electron chi connectivity index (χ3n) is 3.78. The van der Waals surface area contributed by atoms with Gasteiger partial charge in [-0.25, -0.2) is 9.13 Å². The number of nitrogens with zero attached hydrogens (tertiary/aromatic N) is 2. The lowest BCUT2D eigenvalue weighted by Crippen LogP contribution is -3.00. The lowest BCUT2D eigenvalue weighted by Gasteiger charge is -2.25. The average Bonchev–Trinajstić information content (AvgIpc) is 2.57. The summed E-state index contributed by atoms with van der Waals surface area (Å²) in [6.07, 6.45) is 6.67. The maximum Gasteiger partial charge on any atom is 0.257 e. The fraction of sp³-hybridized carbons (Fsp3) is 0.647. The quantitative estimate of drug-likeness (QED) is 0.725. The van der Waals surface area contributed by atoms with Crippen molar-refractivity contribution in [3.63, 3.8) is 0 Å². The van der Waals surface area contributed by atoms with Crippen LogP contribution in [0.5, 0.6) is 0 Å². The SMILES string of the molecule is Cc1n(C=C(CC(=O)C(C)(C)C)C(C)(C)C)cc[n+]1C.[Br-]. The van der Waals surface area contributed by atoms with E-state index in [0.717, 1.165) is 11.4 Å². The van der Waals surface area contributed by atoms with Gasteiger partial charge in [0.25, 0.3) is 5.82 Å². The number of imidazole rings is 1. The zero-order valence-electron chi connectivity index (χ0n) is 14.6. The van der Waals surface area contributed by atoms with E-state index in [0.29, 0.717) is 6.42 Å². The fourth-order valence-corrected chi connectivity index (χ4v) is 1.82. The number of rotatable bonds is 3. The Balaban J connectivity index is 0.00000400. The monoisotopic (exact) mass is 356 g/mol. The van der Waals surface area contributed by atoms with Gasteiger partial charge < -0.3 is 17.0 Å². The van der Waals surface area contributed by atoms with Gasteiger partial charge in [0.15, 0.2) is 0 Å². The van der Waals surface area contributed by atoms with Crippen molar-refractivity contribution in [1.29, 1.82) is 0 Å². The van der Waals surface area contributed by atoms with Crippen molar-refractivity contribution < 1.29 is 26.3 Å². The van der Waals surface area contributed by atoms with Gasteiger partial charge >= 0.3 is 0 Å². The Labute approximate surface area is 139 Å². The second-order valence-corrected chi connectivity index (χ2v) is 7.62. The number of aryl methyl sites for hydroxylation is 1. The van der Waals surface area contributed by atoms with Gasteiger partial charge in [-0.1, -0.05) is 41.5 Å². The van der Waals surface area contributed by atoms with Crippen LogP contribution in [-0.2, 0) is 11.8 Å². The van der Waals surface area contributed by atoms with E-state index in [-0.39, 0.29) is 33.6 Å². The van der Waals surface area contributed by atoms with E-state index in [1.54, 1.807) is 0 Å². The summed E-state index contributed by atoms with van der Waals surface area (Å²) in [4.78, 5) is 12.3. The number of ketones is 1. The van der Waals surface area contributed by atoms with E-state index >= 15 is 0 Å². The molecular weight excluding hydrogens is 328 g/mol. The smallest absolute Gasteiger partial charge is 0.257 e. The summed E-state index contributed by atoms with van der Waals surface area (Å²) in [7, 11) is 2.02. The van der Waals surface area contributed by atoms with E-state index in [1.807, 2.05) is 40.2 Å².